The molecular weight excluding hydrogens is 344 g/mol. The van der Waals surface area contributed by atoms with Crippen LogP contribution >= 0.6 is 0 Å². The van der Waals surface area contributed by atoms with E-state index >= 15 is 0 Å². The third-order valence-corrected chi connectivity index (χ3v) is 7.14. The van der Waals surface area contributed by atoms with E-state index in [0.29, 0.717) is 0 Å². The molecule has 0 amide bonds. The quantitative estimate of drug-likeness (QED) is 0.667. The second-order valence-corrected chi connectivity index (χ2v) is 9.95. The second-order valence-electron chi connectivity index (χ2n) is 7.14. The highest BCUT2D eigenvalue weighted by Crippen LogP contribution is 2.27. The third-order valence-electron chi connectivity index (χ3n) is 5.26. The van der Waals surface area contributed by atoms with Crippen molar-refractivity contribution in [2.45, 2.75) is 18.1 Å². The molecule has 6 heteroatoms. The minimum absolute atomic E-state index is 0.210. The average molecular weight is 369 g/mol. The molecule has 2 aromatic heterocycles. The molecule has 26 heavy (non-hydrogen) atoms. The van der Waals surface area contributed by atoms with E-state index in [2.05, 4.69) is 32.5 Å². The average Bonchev–Trinajstić information content (AvgIpc) is 2.98. The highest BCUT2D eigenvalue weighted by atomic mass is 32.2. The number of hydrogen-bond acceptors (Lipinski definition) is 4. The Morgan fingerprint density at radius 3 is 2.62 bits per heavy atom. The smallest absolute Gasteiger partial charge is 0.141 e. The van der Waals surface area contributed by atoms with Gasteiger partial charge in [0.1, 0.15) is 11.6 Å². The van der Waals surface area contributed by atoms with Gasteiger partial charge in [0, 0.05) is 43.4 Å². The lowest BCUT2D eigenvalue weighted by atomic mass is 10.1. The lowest BCUT2D eigenvalue weighted by Crippen LogP contribution is -2.39. The fraction of sp³-hybridized carbons (Fsp3) is 0.350. The van der Waals surface area contributed by atoms with Crippen LogP contribution in [-0.4, -0.2) is 49.2 Å². The van der Waals surface area contributed by atoms with Crippen molar-refractivity contribution >= 4 is 32.2 Å². The summed E-state index contributed by atoms with van der Waals surface area (Å²) in [7, 11) is 0.0805. The third kappa shape index (κ3) is 3.09. The van der Waals surface area contributed by atoms with Crippen molar-refractivity contribution in [3.8, 4) is 11.4 Å². The van der Waals surface area contributed by atoms with Crippen molar-refractivity contribution in [3.63, 3.8) is 0 Å². The summed E-state index contributed by atoms with van der Waals surface area (Å²) in [6.45, 7) is 1.73. The minimum Gasteiger partial charge on any atom is -0.357 e. The van der Waals surface area contributed by atoms with Crippen LogP contribution in [-0.2, 0) is 16.6 Å². The zero-order valence-corrected chi connectivity index (χ0v) is 16.1. The van der Waals surface area contributed by atoms with Gasteiger partial charge in [0.25, 0.3) is 0 Å². The molecular formula is C20H24N4OS. The van der Waals surface area contributed by atoms with Gasteiger partial charge in [0.2, 0.25) is 0 Å². The van der Waals surface area contributed by atoms with E-state index in [4.69, 9.17) is 4.98 Å². The number of anilines is 1. The van der Waals surface area contributed by atoms with Crippen molar-refractivity contribution in [3.05, 3.63) is 42.6 Å². The monoisotopic (exact) mass is 368 g/mol. The van der Waals surface area contributed by atoms with Crippen LogP contribution < -0.4 is 4.90 Å². The Kier molecular flexibility index (Phi) is 4.23. The molecule has 0 radical (unpaired) electrons. The van der Waals surface area contributed by atoms with Crippen molar-refractivity contribution in [1.29, 1.82) is 0 Å². The number of aryl methyl sites for hydroxylation is 1. The predicted octanol–water partition coefficient (Wildman–Crippen LogP) is 2.95. The van der Waals surface area contributed by atoms with Gasteiger partial charge in [-0.2, -0.15) is 0 Å². The molecule has 1 aromatic carbocycles. The zero-order valence-electron chi connectivity index (χ0n) is 15.3. The van der Waals surface area contributed by atoms with Crippen molar-refractivity contribution in [2.75, 3.05) is 24.2 Å². The van der Waals surface area contributed by atoms with Crippen molar-refractivity contribution < 1.29 is 4.21 Å². The SMILES string of the molecule is C=S(C)(=O)C1CCN(c2cc(-c3nc4ccccc4n3C)ccn2)CC1. The molecule has 0 saturated carbocycles. The maximum Gasteiger partial charge on any atom is 0.141 e. The molecule has 1 saturated heterocycles. The lowest BCUT2D eigenvalue weighted by molar-refractivity contribution is 0.567. The van der Waals surface area contributed by atoms with E-state index in [1.165, 1.54) is 0 Å². The summed E-state index contributed by atoms with van der Waals surface area (Å²) < 4.78 is 14.3. The molecule has 0 bridgehead atoms. The fourth-order valence-electron chi connectivity index (χ4n) is 3.72. The fourth-order valence-corrected chi connectivity index (χ4v) is 4.93. The molecule has 5 nitrogen and oxygen atoms in total. The van der Waals surface area contributed by atoms with Gasteiger partial charge in [-0.05, 0) is 52.5 Å². The zero-order chi connectivity index (χ0) is 18.3. The molecule has 1 unspecified atom stereocenters. The van der Waals surface area contributed by atoms with E-state index in [1.807, 2.05) is 37.5 Å². The first-order chi connectivity index (χ1) is 12.4. The highest BCUT2D eigenvalue weighted by molar-refractivity contribution is 8.00. The second kappa shape index (κ2) is 6.43. The first-order valence-electron chi connectivity index (χ1n) is 8.87. The molecule has 1 aliphatic heterocycles. The summed E-state index contributed by atoms with van der Waals surface area (Å²) in [5, 5.41) is 0.210. The Labute approximate surface area is 154 Å². The summed E-state index contributed by atoms with van der Waals surface area (Å²) in [5.41, 5.74) is 3.18. The number of hydrogen-bond donors (Lipinski definition) is 0. The van der Waals surface area contributed by atoms with E-state index in [0.717, 1.165) is 54.2 Å². The van der Waals surface area contributed by atoms with Crippen LogP contribution in [0.25, 0.3) is 22.4 Å². The first-order valence-corrected chi connectivity index (χ1v) is 11.1. The number of rotatable bonds is 3. The number of piperidine rings is 1. The van der Waals surface area contributed by atoms with E-state index in [1.54, 1.807) is 6.26 Å². The summed E-state index contributed by atoms with van der Waals surface area (Å²) in [5.74, 6) is 5.76. The molecule has 0 aliphatic carbocycles. The number of fused-ring (bicyclic) bond motifs is 1. The maximum atomic E-state index is 12.2. The lowest BCUT2D eigenvalue weighted by Gasteiger charge is -2.33. The number of benzene rings is 1. The van der Waals surface area contributed by atoms with Gasteiger partial charge in [-0.1, -0.05) is 12.1 Å². The molecule has 136 valence electrons. The number of imidazole rings is 1. The van der Waals surface area contributed by atoms with Crippen LogP contribution in [0.15, 0.2) is 42.6 Å². The van der Waals surface area contributed by atoms with Gasteiger partial charge in [-0.15, -0.1) is 0 Å². The van der Waals surface area contributed by atoms with Crippen LogP contribution in [0, 0.1) is 0 Å². The van der Waals surface area contributed by atoms with Gasteiger partial charge in [-0.25, -0.2) is 9.97 Å². The largest absolute Gasteiger partial charge is 0.357 e. The summed E-state index contributed by atoms with van der Waals surface area (Å²) in [6, 6.07) is 12.3. The highest BCUT2D eigenvalue weighted by Gasteiger charge is 2.24. The van der Waals surface area contributed by atoms with Crippen molar-refractivity contribution in [1.82, 2.24) is 14.5 Å². The summed E-state index contributed by atoms with van der Waals surface area (Å²) >= 11 is 0. The van der Waals surface area contributed by atoms with Crippen molar-refractivity contribution in [2.24, 2.45) is 7.05 Å². The van der Waals surface area contributed by atoms with Crippen LogP contribution in [0.2, 0.25) is 0 Å². The van der Waals surface area contributed by atoms with Crippen LogP contribution in [0.1, 0.15) is 12.8 Å². The maximum absolute atomic E-state index is 12.2. The number of nitrogens with zero attached hydrogens (tertiary/aromatic N) is 4. The Morgan fingerprint density at radius 1 is 1.19 bits per heavy atom. The molecule has 1 fully saturated rings. The standard InChI is InChI=1S/C20H24N4OS/c1-23-18-7-5-4-6-17(18)22-20(23)15-8-11-21-19(14-15)24-12-9-16(10-13-24)26(2,3)25/h4-8,11,14,16H,2,9-10,12-13H2,1,3H3. The summed E-state index contributed by atoms with van der Waals surface area (Å²) in [4.78, 5) is 11.6. The number of aromatic nitrogens is 3. The Bertz CT molecular complexity index is 1050. The van der Waals surface area contributed by atoms with Gasteiger partial charge in [0.05, 0.1) is 11.0 Å². The topological polar surface area (TPSA) is 51.0 Å². The molecule has 1 aliphatic rings. The Balaban J connectivity index is 1.62. The molecule has 3 aromatic rings. The van der Waals surface area contributed by atoms with Gasteiger partial charge >= 0.3 is 0 Å². The molecule has 4 rings (SSSR count). The van der Waals surface area contributed by atoms with Gasteiger partial charge in [-0.3, -0.25) is 4.21 Å². The van der Waals surface area contributed by atoms with E-state index < -0.39 is 9.52 Å². The normalized spacial score (nSPS) is 18.2. The summed E-state index contributed by atoms with van der Waals surface area (Å²) in [6.07, 6.45) is 5.42. The van der Waals surface area contributed by atoms with Gasteiger partial charge < -0.3 is 9.47 Å². The number of para-hydroxylation sites is 2. The number of pyridine rings is 1. The Morgan fingerprint density at radius 2 is 1.92 bits per heavy atom. The van der Waals surface area contributed by atoms with Crippen LogP contribution in [0.5, 0.6) is 0 Å². The van der Waals surface area contributed by atoms with Crippen LogP contribution in [0.4, 0.5) is 5.82 Å². The minimum atomic E-state index is -1.96. The molecule has 0 N–H and O–H groups in total. The molecule has 1 atom stereocenters. The Hall–Kier alpha value is -2.34. The predicted molar refractivity (Wildman–Crippen MR) is 110 cm³/mol. The van der Waals surface area contributed by atoms with Gasteiger partial charge in [0.15, 0.2) is 0 Å². The van der Waals surface area contributed by atoms with E-state index in [-0.39, 0.29) is 5.25 Å². The molecule has 3 heterocycles. The first kappa shape index (κ1) is 17.1. The van der Waals surface area contributed by atoms with Crippen LogP contribution in [0.3, 0.4) is 0 Å². The van der Waals surface area contributed by atoms with E-state index in [9.17, 15) is 4.21 Å². The molecule has 0 spiro atoms.